The van der Waals surface area contributed by atoms with Crippen molar-refractivity contribution in [3.05, 3.63) is 11.4 Å². The summed E-state index contributed by atoms with van der Waals surface area (Å²) in [4.78, 5) is 11.4. The van der Waals surface area contributed by atoms with Gasteiger partial charge in [0.15, 0.2) is 5.69 Å². The smallest absolute Gasteiger partial charge is 0.360 e. The molecule has 0 spiro atoms. The number of hydrogen-bond acceptors (Lipinski definition) is 5. The van der Waals surface area contributed by atoms with Crippen molar-refractivity contribution in [1.29, 1.82) is 0 Å². The van der Waals surface area contributed by atoms with Crippen molar-refractivity contribution in [3.8, 4) is 0 Å². The van der Waals surface area contributed by atoms with Crippen molar-refractivity contribution < 1.29 is 14.3 Å². The molecule has 1 rings (SSSR count). The van der Waals surface area contributed by atoms with Crippen molar-refractivity contribution >= 4 is 5.97 Å². The highest BCUT2D eigenvalue weighted by molar-refractivity contribution is 5.88. The Morgan fingerprint density at radius 2 is 2.13 bits per heavy atom. The molecule has 0 unspecified atom stereocenters. The topological polar surface area (TPSA) is 77.1 Å². The van der Waals surface area contributed by atoms with Crippen LogP contribution in [0.2, 0.25) is 0 Å². The van der Waals surface area contributed by atoms with Crippen LogP contribution in [0.5, 0.6) is 0 Å². The molecule has 1 N–H and O–H groups in total. The molecule has 1 heterocycles. The Morgan fingerprint density at radius 1 is 1.33 bits per heavy atom. The maximum absolute atomic E-state index is 11.4. The van der Waals surface area contributed by atoms with E-state index in [0.717, 1.165) is 0 Å². The highest BCUT2D eigenvalue weighted by atomic mass is 16.5. The van der Waals surface area contributed by atoms with Crippen LogP contribution in [0.15, 0.2) is 0 Å². The second-order valence-electron chi connectivity index (χ2n) is 2.79. The van der Waals surface area contributed by atoms with E-state index in [2.05, 4.69) is 15.4 Å². The highest BCUT2D eigenvalue weighted by Crippen LogP contribution is 2.04. The first-order chi connectivity index (χ1) is 7.29. The summed E-state index contributed by atoms with van der Waals surface area (Å²) in [5, 5.41) is 10.0. The lowest BCUT2D eigenvalue weighted by molar-refractivity contribution is 0.0517. The molecular weight excluding hydrogens is 198 g/mol. The highest BCUT2D eigenvalue weighted by Gasteiger charge is 2.16. The van der Waals surface area contributed by atoms with Gasteiger partial charge in [-0.1, -0.05) is 0 Å². The number of nitrogens with one attached hydrogen (secondary N) is 1. The number of rotatable bonds is 6. The molecule has 0 radical (unpaired) electrons. The van der Waals surface area contributed by atoms with Crippen molar-refractivity contribution in [3.63, 3.8) is 0 Å². The minimum atomic E-state index is -0.447. The maximum atomic E-state index is 11.4. The predicted molar refractivity (Wildman–Crippen MR) is 52.5 cm³/mol. The summed E-state index contributed by atoms with van der Waals surface area (Å²) in [6, 6.07) is 0. The van der Waals surface area contributed by atoms with E-state index in [-0.39, 0.29) is 5.69 Å². The summed E-state index contributed by atoms with van der Waals surface area (Å²) in [6.07, 6.45) is 0.554. The summed E-state index contributed by atoms with van der Waals surface area (Å²) < 4.78 is 10.00. The fourth-order valence-corrected chi connectivity index (χ4v) is 1.10. The van der Waals surface area contributed by atoms with Crippen LogP contribution in [-0.4, -0.2) is 41.2 Å². The number of carbonyl (C=O) groups is 1. The fraction of sp³-hybridized carbons (Fsp3) is 0.667. The molecule has 6 heteroatoms. The molecule has 0 bridgehead atoms. The van der Waals surface area contributed by atoms with Gasteiger partial charge in [0.25, 0.3) is 0 Å². The SMILES string of the molecule is CCOCCc1n[nH]nc1C(=O)OCC. The number of hydrogen-bond donors (Lipinski definition) is 1. The number of esters is 1. The molecule has 15 heavy (non-hydrogen) atoms. The van der Waals surface area contributed by atoms with E-state index in [1.807, 2.05) is 6.92 Å². The van der Waals surface area contributed by atoms with Crippen LogP contribution < -0.4 is 0 Å². The van der Waals surface area contributed by atoms with Gasteiger partial charge in [0.05, 0.1) is 18.9 Å². The molecular formula is C9H15N3O3. The number of ether oxygens (including phenoxy) is 2. The monoisotopic (exact) mass is 213 g/mol. The summed E-state index contributed by atoms with van der Waals surface area (Å²) in [6.45, 7) is 5.16. The van der Waals surface area contributed by atoms with Crippen LogP contribution in [0.3, 0.4) is 0 Å². The van der Waals surface area contributed by atoms with Crippen molar-refractivity contribution in [2.45, 2.75) is 20.3 Å². The average Bonchev–Trinajstić information content (AvgIpc) is 2.67. The van der Waals surface area contributed by atoms with Gasteiger partial charge >= 0.3 is 5.97 Å². The molecule has 0 aliphatic carbocycles. The van der Waals surface area contributed by atoms with Crippen LogP contribution in [0.4, 0.5) is 0 Å². The Morgan fingerprint density at radius 3 is 2.80 bits per heavy atom. The van der Waals surface area contributed by atoms with Gasteiger partial charge in [-0.15, -0.1) is 5.10 Å². The standard InChI is InChI=1S/C9H15N3O3/c1-3-14-6-5-7-8(11-12-10-7)9(13)15-4-2/h3-6H2,1-2H3,(H,10,11,12). The number of H-pyrrole nitrogens is 1. The van der Waals surface area contributed by atoms with Crippen molar-refractivity contribution in [2.75, 3.05) is 19.8 Å². The molecule has 0 aromatic carbocycles. The molecule has 0 aliphatic rings. The van der Waals surface area contributed by atoms with Crippen LogP contribution in [0.25, 0.3) is 0 Å². The minimum absolute atomic E-state index is 0.247. The third-order valence-corrected chi connectivity index (χ3v) is 1.78. The third kappa shape index (κ3) is 3.32. The lowest BCUT2D eigenvalue weighted by Crippen LogP contribution is -2.10. The zero-order valence-electron chi connectivity index (χ0n) is 8.95. The Hall–Kier alpha value is -1.43. The first-order valence-electron chi connectivity index (χ1n) is 4.94. The van der Waals surface area contributed by atoms with E-state index in [9.17, 15) is 4.79 Å². The molecule has 0 fully saturated rings. The summed E-state index contributed by atoms with van der Waals surface area (Å²) in [5.41, 5.74) is 0.832. The first-order valence-corrected chi connectivity index (χ1v) is 4.94. The van der Waals surface area contributed by atoms with Crippen molar-refractivity contribution in [1.82, 2.24) is 15.4 Å². The normalized spacial score (nSPS) is 10.3. The van der Waals surface area contributed by atoms with Crippen LogP contribution >= 0.6 is 0 Å². The Bertz CT molecular complexity index is 311. The average molecular weight is 213 g/mol. The molecule has 0 aliphatic heterocycles. The van der Waals surface area contributed by atoms with Crippen molar-refractivity contribution in [2.24, 2.45) is 0 Å². The molecule has 0 atom stereocenters. The Balaban J connectivity index is 2.56. The molecule has 0 amide bonds. The van der Waals surface area contributed by atoms with Gasteiger partial charge in [0, 0.05) is 13.0 Å². The lowest BCUT2D eigenvalue weighted by atomic mass is 10.2. The Kier molecular flexibility index (Phi) is 4.76. The molecule has 0 saturated carbocycles. The number of carbonyl (C=O) groups excluding carboxylic acids is 1. The number of aromatic amines is 1. The molecule has 6 nitrogen and oxygen atoms in total. The summed E-state index contributed by atoms with van der Waals surface area (Å²) in [5.74, 6) is -0.447. The van der Waals surface area contributed by atoms with E-state index in [1.54, 1.807) is 6.92 Å². The van der Waals surface area contributed by atoms with Gasteiger partial charge in [0.1, 0.15) is 0 Å². The van der Waals surface area contributed by atoms with Gasteiger partial charge in [-0.25, -0.2) is 4.79 Å². The quantitative estimate of drug-likeness (QED) is 0.552. The minimum Gasteiger partial charge on any atom is -0.461 e. The predicted octanol–water partition coefficient (Wildman–Crippen LogP) is 0.560. The molecule has 84 valence electrons. The van der Waals surface area contributed by atoms with Crippen LogP contribution in [-0.2, 0) is 15.9 Å². The van der Waals surface area contributed by atoms with E-state index in [4.69, 9.17) is 9.47 Å². The van der Waals surface area contributed by atoms with Gasteiger partial charge in [-0.05, 0) is 13.8 Å². The lowest BCUT2D eigenvalue weighted by Gasteiger charge is -2.01. The zero-order chi connectivity index (χ0) is 11.1. The number of aromatic nitrogens is 3. The largest absolute Gasteiger partial charge is 0.461 e. The zero-order valence-corrected chi connectivity index (χ0v) is 8.95. The van der Waals surface area contributed by atoms with Crippen LogP contribution in [0, 0.1) is 0 Å². The van der Waals surface area contributed by atoms with Gasteiger partial charge < -0.3 is 9.47 Å². The van der Waals surface area contributed by atoms with E-state index in [1.165, 1.54) is 0 Å². The van der Waals surface area contributed by atoms with Gasteiger partial charge in [0.2, 0.25) is 0 Å². The summed E-state index contributed by atoms with van der Waals surface area (Å²) >= 11 is 0. The molecule has 1 aromatic heterocycles. The number of nitrogens with zero attached hydrogens (tertiary/aromatic N) is 2. The molecule has 1 aromatic rings. The third-order valence-electron chi connectivity index (χ3n) is 1.78. The van der Waals surface area contributed by atoms with Gasteiger partial charge in [-0.3, -0.25) is 0 Å². The second kappa shape index (κ2) is 6.13. The maximum Gasteiger partial charge on any atom is 0.360 e. The molecule has 0 saturated heterocycles. The summed E-state index contributed by atoms with van der Waals surface area (Å²) in [7, 11) is 0. The van der Waals surface area contributed by atoms with Gasteiger partial charge in [-0.2, -0.15) is 10.3 Å². The van der Waals surface area contributed by atoms with Crippen LogP contribution in [0.1, 0.15) is 30.0 Å². The second-order valence-corrected chi connectivity index (χ2v) is 2.79. The fourth-order valence-electron chi connectivity index (χ4n) is 1.10. The van der Waals surface area contributed by atoms with E-state index < -0.39 is 5.97 Å². The Labute approximate surface area is 88.0 Å². The first kappa shape index (κ1) is 11.6. The van der Waals surface area contributed by atoms with E-state index >= 15 is 0 Å². The van der Waals surface area contributed by atoms with E-state index in [0.29, 0.717) is 31.9 Å².